The van der Waals surface area contributed by atoms with Gasteiger partial charge in [-0.25, -0.2) is 4.57 Å². The molecule has 0 radical (unpaired) electrons. The monoisotopic (exact) mass is 298 g/mol. The molecule has 0 saturated carbocycles. The first-order valence-electron chi connectivity index (χ1n) is 7.36. The van der Waals surface area contributed by atoms with E-state index in [1.165, 1.54) is 0 Å². The van der Waals surface area contributed by atoms with Crippen LogP contribution >= 0.6 is 7.60 Å². The smallest absolute Gasteiger partial charge is 0.379 e. The largest absolute Gasteiger partial charge is 0.424 e. The molecule has 0 fully saturated rings. The summed E-state index contributed by atoms with van der Waals surface area (Å²) in [5.41, 5.74) is 2.21. The van der Waals surface area contributed by atoms with Crippen molar-refractivity contribution in [1.29, 1.82) is 0 Å². The highest BCUT2D eigenvalue weighted by atomic mass is 31.2. The molecule has 1 unspecified atom stereocenters. The van der Waals surface area contributed by atoms with E-state index in [0.717, 1.165) is 24.0 Å². The Morgan fingerprint density at radius 3 is 2.25 bits per heavy atom. The highest BCUT2D eigenvalue weighted by Crippen LogP contribution is 2.49. The van der Waals surface area contributed by atoms with Gasteiger partial charge >= 0.3 is 7.60 Å². The third-order valence-electron chi connectivity index (χ3n) is 2.83. The predicted molar refractivity (Wildman–Crippen MR) is 84.7 cm³/mol. The van der Waals surface area contributed by atoms with Crippen LogP contribution in [0.25, 0.3) is 0 Å². The molecule has 0 aromatic heterocycles. The van der Waals surface area contributed by atoms with E-state index >= 15 is 0 Å². The van der Waals surface area contributed by atoms with Gasteiger partial charge in [0.15, 0.2) is 0 Å². The predicted octanol–water partition coefficient (Wildman–Crippen LogP) is 5.35. The summed E-state index contributed by atoms with van der Waals surface area (Å²) in [4.78, 5) is 0. The lowest BCUT2D eigenvalue weighted by Gasteiger charge is -2.21. The maximum atomic E-state index is 12.8. The van der Waals surface area contributed by atoms with E-state index in [1.807, 2.05) is 39.8 Å². The van der Waals surface area contributed by atoms with Gasteiger partial charge in [0.05, 0.1) is 12.8 Å². The fraction of sp³-hybridized carbons (Fsp3) is 0.625. The molecule has 20 heavy (non-hydrogen) atoms. The van der Waals surface area contributed by atoms with E-state index in [9.17, 15) is 4.57 Å². The van der Waals surface area contributed by atoms with E-state index in [2.05, 4.69) is 13.0 Å². The Hall–Kier alpha value is -0.790. The molecule has 4 heteroatoms. The summed E-state index contributed by atoms with van der Waals surface area (Å²) >= 11 is 0. The van der Waals surface area contributed by atoms with Crippen LogP contribution in [0.1, 0.15) is 44.7 Å². The number of aryl methyl sites for hydroxylation is 2. The lowest BCUT2D eigenvalue weighted by Crippen LogP contribution is -2.07. The minimum Gasteiger partial charge on any atom is -0.424 e. The second-order valence-corrected chi connectivity index (χ2v) is 7.90. The fourth-order valence-electron chi connectivity index (χ4n) is 1.90. The van der Waals surface area contributed by atoms with E-state index in [4.69, 9.17) is 9.05 Å². The molecule has 1 rings (SSSR count). The van der Waals surface area contributed by atoms with Gasteiger partial charge < -0.3 is 4.52 Å². The van der Waals surface area contributed by atoms with Crippen LogP contribution < -0.4 is 4.52 Å². The van der Waals surface area contributed by atoms with Gasteiger partial charge in [-0.1, -0.05) is 33.3 Å². The Labute approximate surface area is 123 Å². The maximum absolute atomic E-state index is 12.8. The Balaban J connectivity index is 2.84. The molecule has 1 aromatic carbocycles. The van der Waals surface area contributed by atoms with Crippen LogP contribution in [0.2, 0.25) is 0 Å². The van der Waals surface area contributed by atoms with Gasteiger partial charge in [-0.3, -0.25) is 4.52 Å². The molecule has 0 bridgehead atoms. The molecule has 114 valence electrons. The summed E-state index contributed by atoms with van der Waals surface area (Å²) in [6.07, 6.45) is 2.30. The Kier molecular flexibility index (Phi) is 6.78. The van der Waals surface area contributed by atoms with Crippen LogP contribution in [-0.2, 0) is 9.09 Å². The zero-order chi connectivity index (χ0) is 15.2. The van der Waals surface area contributed by atoms with Crippen LogP contribution in [0.15, 0.2) is 18.2 Å². The van der Waals surface area contributed by atoms with E-state index in [0.29, 0.717) is 24.4 Å². The van der Waals surface area contributed by atoms with Crippen LogP contribution in [0, 0.1) is 19.8 Å². The normalized spacial score (nSPS) is 14.3. The van der Waals surface area contributed by atoms with Crippen LogP contribution in [0.3, 0.4) is 0 Å². The van der Waals surface area contributed by atoms with Gasteiger partial charge in [0.25, 0.3) is 0 Å². The Morgan fingerprint density at radius 2 is 1.75 bits per heavy atom. The molecule has 0 aliphatic carbocycles. The number of hydrogen-bond acceptors (Lipinski definition) is 3. The van der Waals surface area contributed by atoms with Crippen molar-refractivity contribution in [2.45, 2.75) is 47.5 Å². The third kappa shape index (κ3) is 6.11. The number of hydrogen-bond donors (Lipinski definition) is 0. The van der Waals surface area contributed by atoms with Gasteiger partial charge in [0.2, 0.25) is 0 Å². The number of benzene rings is 1. The van der Waals surface area contributed by atoms with E-state index in [1.54, 1.807) is 0 Å². The average molecular weight is 298 g/mol. The minimum absolute atomic E-state index is 0.341. The molecule has 1 aromatic rings. The first-order valence-corrected chi connectivity index (χ1v) is 9.09. The van der Waals surface area contributed by atoms with Crippen molar-refractivity contribution in [3.8, 4) is 5.75 Å². The van der Waals surface area contributed by atoms with Crippen molar-refractivity contribution < 1.29 is 13.6 Å². The first-order chi connectivity index (χ1) is 9.34. The SMILES string of the molecule is CCCCP(=O)(OCC(C)C)Oc1cc(C)cc(C)c1. The summed E-state index contributed by atoms with van der Waals surface area (Å²) in [5, 5.41) is 0. The van der Waals surface area contributed by atoms with Crippen LogP contribution in [0.5, 0.6) is 5.75 Å². The van der Waals surface area contributed by atoms with Gasteiger partial charge in [0.1, 0.15) is 5.75 Å². The Morgan fingerprint density at radius 1 is 1.15 bits per heavy atom. The standard InChI is InChI=1S/C16H27O3P/c1-6-7-8-20(17,18-12-13(2)3)19-16-10-14(4)9-15(5)11-16/h9-11,13H,6-8,12H2,1-5H3. The van der Waals surface area contributed by atoms with E-state index in [-0.39, 0.29) is 0 Å². The molecule has 0 aliphatic rings. The molecule has 0 heterocycles. The summed E-state index contributed by atoms with van der Waals surface area (Å²) in [6.45, 7) is 10.6. The molecular formula is C16H27O3P. The topological polar surface area (TPSA) is 35.5 Å². The molecule has 1 atom stereocenters. The second kappa shape index (κ2) is 7.85. The van der Waals surface area contributed by atoms with Crippen molar-refractivity contribution in [2.24, 2.45) is 5.92 Å². The highest BCUT2D eigenvalue weighted by Gasteiger charge is 2.26. The highest BCUT2D eigenvalue weighted by molar-refractivity contribution is 7.54. The second-order valence-electron chi connectivity index (χ2n) is 5.79. The maximum Gasteiger partial charge on any atom is 0.379 e. The molecule has 0 N–H and O–H groups in total. The third-order valence-corrected chi connectivity index (χ3v) is 4.73. The van der Waals surface area contributed by atoms with E-state index < -0.39 is 7.60 Å². The summed E-state index contributed by atoms with van der Waals surface area (Å²) in [5.74, 6) is 0.985. The van der Waals surface area contributed by atoms with Crippen LogP contribution in [-0.4, -0.2) is 12.8 Å². The van der Waals surface area contributed by atoms with Crippen molar-refractivity contribution in [3.63, 3.8) is 0 Å². The van der Waals surface area contributed by atoms with Crippen molar-refractivity contribution in [2.75, 3.05) is 12.8 Å². The number of unbranched alkanes of at least 4 members (excludes halogenated alkanes) is 1. The van der Waals surface area contributed by atoms with Gasteiger partial charge in [-0.2, -0.15) is 0 Å². The van der Waals surface area contributed by atoms with Crippen molar-refractivity contribution in [1.82, 2.24) is 0 Å². The quantitative estimate of drug-likeness (QED) is 0.607. The molecule has 3 nitrogen and oxygen atoms in total. The van der Waals surface area contributed by atoms with Crippen molar-refractivity contribution >= 4 is 7.60 Å². The molecule has 0 amide bonds. The van der Waals surface area contributed by atoms with Crippen molar-refractivity contribution in [3.05, 3.63) is 29.3 Å². The zero-order valence-corrected chi connectivity index (χ0v) is 14.2. The van der Waals surface area contributed by atoms with Gasteiger partial charge in [-0.05, 0) is 49.4 Å². The summed E-state index contributed by atoms with van der Waals surface area (Å²) < 4.78 is 24.2. The molecular weight excluding hydrogens is 271 g/mol. The molecule has 0 saturated heterocycles. The first kappa shape index (κ1) is 17.3. The van der Waals surface area contributed by atoms with Crippen LogP contribution in [0.4, 0.5) is 0 Å². The minimum atomic E-state index is -3.05. The molecule has 0 aliphatic heterocycles. The Bertz CT molecular complexity index is 449. The van der Waals surface area contributed by atoms with Gasteiger partial charge in [0, 0.05) is 0 Å². The summed E-state index contributed by atoms with van der Waals surface area (Å²) in [6, 6.07) is 5.88. The molecule has 0 spiro atoms. The van der Waals surface area contributed by atoms with Gasteiger partial charge in [-0.15, -0.1) is 0 Å². The lowest BCUT2D eigenvalue weighted by atomic mass is 10.1. The number of rotatable bonds is 8. The average Bonchev–Trinajstić information content (AvgIpc) is 2.33. The lowest BCUT2D eigenvalue weighted by molar-refractivity contribution is 0.233. The zero-order valence-electron chi connectivity index (χ0n) is 13.3. The summed E-state index contributed by atoms with van der Waals surface area (Å²) in [7, 11) is -3.05. The fourth-order valence-corrected chi connectivity index (χ4v) is 3.83.